The summed E-state index contributed by atoms with van der Waals surface area (Å²) in [5, 5.41) is 10.0. The predicted octanol–water partition coefficient (Wildman–Crippen LogP) is 3.69. The van der Waals surface area contributed by atoms with Gasteiger partial charge in [0.15, 0.2) is 5.78 Å². The Morgan fingerprint density at radius 3 is 2.58 bits per heavy atom. The molecule has 0 aromatic heterocycles. The second-order valence-electron chi connectivity index (χ2n) is 9.41. The van der Waals surface area contributed by atoms with Crippen molar-refractivity contribution in [2.45, 2.75) is 71.8 Å². The fourth-order valence-electron chi connectivity index (χ4n) is 7.05. The second kappa shape index (κ2) is 5.27. The first-order chi connectivity index (χ1) is 11.3. The normalized spacial score (nSPS) is 50.6. The molecule has 7 atom stereocenters. The third-order valence-electron chi connectivity index (χ3n) is 8.41. The van der Waals surface area contributed by atoms with Crippen LogP contribution in [0.4, 0.5) is 0 Å². The number of hydrogen-bond acceptors (Lipinski definition) is 3. The Balaban J connectivity index is 1.73. The van der Waals surface area contributed by atoms with Gasteiger partial charge in [0.25, 0.3) is 0 Å². The van der Waals surface area contributed by atoms with Crippen molar-refractivity contribution in [3.8, 4) is 0 Å². The van der Waals surface area contributed by atoms with Gasteiger partial charge in [-0.15, -0.1) is 0 Å². The van der Waals surface area contributed by atoms with Crippen LogP contribution in [0.25, 0.3) is 0 Å². The molecule has 132 valence electrons. The Kier molecular flexibility index (Phi) is 3.62. The van der Waals surface area contributed by atoms with Crippen LogP contribution in [0.2, 0.25) is 0 Å². The summed E-state index contributed by atoms with van der Waals surface area (Å²) in [6.45, 7) is 6.33. The Labute approximate surface area is 144 Å². The van der Waals surface area contributed by atoms with Crippen molar-refractivity contribution < 1.29 is 14.7 Å². The van der Waals surface area contributed by atoms with Crippen LogP contribution in [0.1, 0.15) is 65.7 Å². The third kappa shape index (κ3) is 2.06. The molecule has 3 heteroatoms. The van der Waals surface area contributed by atoms with Crippen LogP contribution in [0, 0.1) is 34.5 Å². The smallest absolute Gasteiger partial charge is 0.159 e. The van der Waals surface area contributed by atoms with E-state index in [0.29, 0.717) is 24.0 Å². The monoisotopic (exact) mass is 330 g/mol. The molecular formula is C21H30O3. The van der Waals surface area contributed by atoms with Crippen LogP contribution in [0.3, 0.4) is 0 Å². The summed E-state index contributed by atoms with van der Waals surface area (Å²) in [6, 6.07) is 0. The van der Waals surface area contributed by atoms with Crippen molar-refractivity contribution in [2.75, 3.05) is 0 Å². The minimum atomic E-state index is -0.281. The van der Waals surface area contributed by atoms with Crippen molar-refractivity contribution in [1.82, 2.24) is 0 Å². The van der Waals surface area contributed by atoms with E-state index in [1.54, 1.807) is 6.92 Å². The number of allylic oxidation sites excluding steroid dienone is 1. The molecule has 0 saturated heterocycles. The summed E-state index contributed by atoms with van der Waals surface area (Å²) < 4.78 is 0. The SMILES string of the molecule is CC(=O)[C@H]1CCC2C3C(=O)C=C4C[C@@H](O)CC[C@]4(C)C3CC[C@@]21C. The molecule has 3 fully saturated rings. The summed E-state index contributed by atoms with van der Waals surface area (Å²) in [7, 11) is 0. The van der Waals surface area contributed by atoms with Crippen molar-refractivity contribution in [3.05, 3.63) is 11.6 Å². The van der Waals surface area contributed by atoms with Crippen molar-refractivity contribution in [3.63, 3.8) is 0 Å². The molecule has 3 nitrogen and oxygen atoms in total. The molecule has 0 radical (unpaired) electrons. The first kappa shape index (κ1) is 16.5. The van der Waals surface area contributed by atoms with E-state index in [4.69, 9.17) is 0 Å². The van der Waals surface area contributed by atoms with Crippen LogP contribution >= 0.6 is 0 Å². The Hall–Kier alpha value is -0.960. The molecule has 3 saturated carbocycles. The lowest BCUT2D eigenvalue weighted by molar-refractivity contribution is -0.138. The zero-order valence-corrected chi connectivity index (χ0v) is 15.2. The second-order valence-corrected chi connectivity index (χ2v) is 9.41. The lowest BCUT2D eigenvalue weighted by Gasteiger charge is -2.57. The lowest BCUT2D eigenvalue weighted by atomic mass is 9.47. The van der Waals surface area contributed by atoms with Crippen molar-refractivity contribution in [1.29, 1.82) is 0 Å². The number of fused-ring (bicyclic) bond motifs is 5. The maximum atomic E-state index is 13.1. The van der Waals surface area contributed by atoms with Crippen molar-refractivity contribution in [2.24, 2.45) is 34.5 Å². The molecule has 1 N–H and O–H groups in total. The topological polar surface area (TPSA) is 54.4 Å². The summed E-state index contributed by atoms with van der Waals surface area (Å²) in [4.78, 5) is 25.2. The fraction of sp³-hybridized carbons (Fsp3) is 0.810. The number of hydrogen-bond donors (Lipinski definition) is 1. The molecule has 3 unspecified atom stereocenters. The summed E-state index contributed by atoms with van der Waals surface area (Å²) in [5.41, 5.74) is 1.28. The van der Waals surface area contributed by atoms with E-state index in [9.17, 15) is 14.7 Å². The van der Waals surface area contributed by atoms with E-state index in [2.05, 4.69) is 13.8 Å². The van der Waals surface area contributed by atoms with E-state index < -0.39 is 0 Å². The lowest BCUT2D eigenvalue weighted by Crippen LogP contribution is -2.53. The van der Waals surface area contributed by atoms with Gasteiger partial charge < -0.3 is 5.11 Å². The first-order valence-electron chi connectivity index (χ1n) is 9.71. The molecule has 4 aliphatic carbocycles. The molecule has 24 heavy (non-hydrogen) atoms. The van der Waals surface area contributed by atoms with Crippen molar-refractivity contribution >= 4 is 11.6 Å². The number of rotatable bonds is 1. The largest absolute Gasteiger partial charge is 0.393 e. The van der Waals surface area contributed by atoms with Gasteiger partial charge >= 0.3 is 0 Å². The molecule has 4 aliphatic rings. The number of carbonyl (C=O) groups is 2. The van der Waals surface area contributed by atoms with E-state index in [1.165, 1.54) is 5.57 Å². The van der Waals surface area contributed by atoms with E-state index in [0.717, 1.165) is 38.5 Å². The van der Waals surface area contributed by atoms with Gasteiger partial charge in [0.2, 0.25) is 0 Å². The first-order valence-corrected chi connectivity index (χ1v) is 9.71. The predicted molar refractivity (Wildman–Crippen MR) is 92.3 cm³/mol. The van der Waals surface area contributed by atoms with Gasteiger partial charge in [-0.05, 0) is 80.6 Å². The van der Waals surface area contributed by atoms with E-state index >= 15 is 0 Å². The van der Waals surface area contributed by atoms with E-state index in [-0.39, 0.29) is 34.6 Å². The minimum Gasteiger partial charge on any atom is -0.393 e. The molecule has 0 spiro atoms. The third-order valence-corrected chi connectivity index (χ3v) is 8.41. The molecule has 0 heterocycles. The Morgan fingerprint density at radius 1 is 1.12 bits per heavy atom. The fourth-order valence-corrected chi connectivity index (χ4v) is 7.05. The van der Waals surface area contributed by atoms with Crippen LogP contribution in [0.15, 0.2) is 11.6 Å². The van der Waals surface area contributed by atoms with Gasteiger partial charge in [-0.1, -0.05) is 19.4 Å². The number of ketones is 2. The molecule has 0 bridgehead atoms. The number of Topliss-reactive ketones (excluding diaryl/α,β-unsaturated/α-hetero) is 1. The molecular weight excluding hydrogens is 300 g/mol. The van der Waals surface area contributed by atoms with Gasteiger partial charge in [0.05, 0.1) is 6.10 Å². The minimum absolute atomic E-state index is 0.0124. The Bertz CT molecular complexity index is 621. The molecule has 0 aliphatic heterocycles. The zero-order chi connectivity index (χ0) is 17.3. The maximum absolute atomic E-state index is 13.1. The van der Waals surface area contributed by atoms with E-state index in [1.807, 2.05) is 6.08 Å². The number of aliphatic hydroxyl groups is 1. The molecule has 0 amide bonds. The van der Waals surface area contributed by atoms with Gasteiger partial charge in [0.1, 0.15) is 5.78 Å². The quantitative estimate of drug-likeness (QED) is 0.797. The average Bonchev–Trinajstić information content (AvgIpc) is 2.86. The van der Waals surface area contributed by atoms with Gasteiger partial charge in [-0.25, -0.2) is 0 Å². The summed E-state index contributed by atoms with van der Waals surface area (Å²) in [5.74, 6) is 1.59. The van der Waals surface area contributed by atoms with Crippen LogP contribution in [0.5, 0.6) is 0 Å². The summed E-state index contributed by atoms with van der Waals surface area (Å²) >= 11 is 0. The summed E-state index contributed by atoms with van der Waals surface area (Å²) in [6.07, 6.45) is 8.22. The highest BCUT2D eigenvalue weighted by Gasteiger charge is 2.61. The van der Waals surface area contributed by atoms with Gasteiger partial charge in [-0.2, -0.15) is 0 Å². The molecule has 0 aromatic carbocycles. The standard InChI is InChI=1S/C21H30O3/c1-12(22)15-4-5-16-19-17(7-9-21(15,16)3)20(2)8-6-14(23)10-13(20)11-18(19)24/h11,14-17,19,23H,4-10H2,1-3H3/t14-,15+,16?,17?,19?,20-,21+/m0/s1. The van der Waals surface area contributed by atoms with Crippen LogP contribution in [-0.2, 0) is 9.59 Å². The number of aliphatic hydroxyl groups excluding tert-OH is 1. The average molecular weight is 330 g/mol. The molecule has 0 aromatic rings. The van der Waals surface area contributed by atoms with Crippen LogP contribution < -0.4 is 0 Å². The van der Waals surface area contributed by atoms with Gasteiger partial charge in [0, 0.05) is 11.8 Å². The Morgan fingerprint density at radius 2 is 1.88 bits per heavy atom. The highest BCUT2D eigenvalue weighted by atomic mass is 16.3. The highest BCUT2D eigenvalue weighted by Crippen LogP contribution is 2.65. The van der Waals surface area contributed by atoms with Gasteiger partial charge in [-0.3, -0.25) is 9.59 Å². The maximum Gasteiger partial charge on any atom is 0.159 e. The zero-order valence-electron chi connectivity index (χ0n) is 15.2. The highest BCUT2D eigenvalue weighted by molar-refractivity contribution is 5.95. The van der Waals surface area contributed by atoms with Crippen LogP contribution in [-0.4, -0.2) is 22.8 Å². The molecule has 4 rings (SSSR count). The number of carbonyl (C=O) groups excluding carboxylic acids is 2.